The lowest BCUT2D eigenvalue weighted by Crippen LogP contribution is -2.51. The number of nitrogens with zero attached hydrogens (tertiary/aromatic N) is 3. The first kappa shape index (κ1) is 28.4. The summed E-state index contributed by atoms with van der Waals surface area (Å²) in [4.78, 5) is 43.7. The number of hydrogen-bond acceptors (Lipinski definition) is 6. The van der Waals surface area contributed by atoms with E-state index < -0.39 is 11.1 Å². The van der Waals surface area contributed by atoms with Crippen molar-refractivity contribution in [3.8, 4) is 5.75 Å². The molecule has 0 radical (unpaired) electrons. The van der Waals surface area contributed by atoms with Crippen LogP contribution in [0.25, 0.3) is 6.08 Å². The minimum atomic E-state index is -0.530. The van der Waals surface area contributed by atoms with Crippen molar-refractivity contribution in [2.24, 2.45) is 0 Å². The number of hydrogen-bond donors (Lipinski definition) is 0. The van der Waals surface area contributed by atoms with Crippen molar-refractivity contribution in [3.05, 3.63) is 97.8 Å². The minimum Gasteiger partial charge on any atom is -0.486 e. The van der Waals surface area contributed by atoms with E-state index in [1.165, 1.54) is 6.08 Å². The summed E-state index contributed by atoms with van der Waals surface area (Å²) in [5, 5.41) is 0.559. The Labute approximate surface area is 251 Å². The molecule has 5 rings (SSSR count). The molecule has 2 aliphatic rings. The SMILES string of the molecule is O=C(CN1C(=O)S/C(=C/c2cc(Cl)c(OCc3ccccc3Cl)c(Cl)c2)C1=O)N1CCN(c2ccccc2)CC1. The maximum absolute atomic E-state index is 13.0. The van der Waals surface area contributed by atoms with Crippen molar-refractivity contribution in [3.63, 3.8) is 0 Å². The highest BCUT2D eigenvalue weighted by molar-refractivity contribution is 8.18. The van der Waals surface area contributed by atoms with E-state index in [1.54, 1.807) is 23.1 Å². The van der Waals surface area contributed by atoms with Crippen LogP contribution in [0.5, 0.6) is 5.75 Å². The Hall–Kier alpha value is -3.17. The monoisotopic (exact) mass is 615 g/mol. The van der Waals surface area contributed by atoms with Gasteiger partial charge in [0.15, 0.2) is 5.75 Å². The van der Waals surface area contributed by atoms with Crippen molar-refractivity contribution < 1.29 is 19.1 Å². The van der Waals surface area contributed by atoms with Crippen LogP contribution in [0.4, 0.5) is 10.5 Å². The largest absolute Gasteiger partial charge is 0.486 e. The molecule has 0 atom stereocenters. The molecule has 3 aromatic carbocycles. The molecule has 2 saturated heterocycles. The van der Waals surface area contributed by atoms with Gasteiger partial charge in [-0.3, -0.25) is 19.3 Å². The van der Waals surface area contributed by atoms with E-state index >= 15 is 0 Å². The Balaban J connectivity index is 1.21. The molecule has 3 aromatic rings. The zero-order chi connectivity index (χ0) is 28.2. The van der Waals surface area contributed by atoms with Gasteiger partial charge in [0.25, 0.3) is 11.1 Å². The number of anilines is 1. The Bertz CT molecular complexity index is 1450. The van der Waals surface area contributed by atoms with E-state index in [0.29, 0.717) is 36.8 Å². The molecule has 0 spiro atoms. The number of carbonyl (C=O) groups is 3. The molecule has 0 N–H and O–H groups in total. The molecule has 11 heteroatoms. The molecule has 0 aromatic heterocycles. The maximum atomic E-state index is 13.0. The van der Waals surface area contributed by atoms with E-state index in [4.69, 9.17) is 39.5 Å². The summed E-state index contributed by atoms with van der Waals surface area (Å²) < 4.78 is 5.80. The quantitative estimate of drug-likeness (QED) is 0.278. The lowest BCUT2D eigenvalue weighted by Gasteiger charge is -2.36. The van der Waals surface area contributed by atoms with Crippen LogP contribution in [0, 0.1) is 0 Å². The van der Waals surface area contributed by atoms with Crippen LogP contribution in [-0.2, 0) is 16.2 Å². The number of thioether (sulfide) groups is 1. The molecule has 3 amide bonds. The average Bonchev–Trinajstić information content (AvgIpc) is 3.21. The molecule has 0 saturated carbocycles. The van der Waals surface area contributed by atoms with Crippen molar-refractivity contribution >= 4 is 75.4 Å². The Kier molecular flexibility index (Phi) is 8.90. The van der Waals surface area contributed by atoms with Crippen molar-refractivity contribution in [1.29, 1.82) is 0 Å². The third-order valence-corrected chi connectivity index (χ3v) is 8.41. The zero-order valence-electron chi connectivity index (χ0n) is 21.2. The number of ether oxygens (including phenoxy) is 1. The van der Waals surface area contributed by atoms with E-state index in [9.17, 15) is 14.4 Å². The molecule has 2 heterocycles. The summed E-state index contributed by atoms with van der Waals surface area (Å²) in [7, 11) is 0. The van der Waals surface area contributed by atoms with E-state index in [0.717, 1.165) is 27.9 Å². The highest BCUT2D eigenvalue weighted by atomic mass is 35.5. The number of carbonyl (C=O) groups excluding carboxylic acids is 3. The molecular weight excluding hydrogens is 593 g/mol. The highest BCUT2D eigenvalue weighted by Crippen LogP contribution is 2.38. The van der Waals surface area contributed by atoms with Gasteiger partial charge in [0, 0.05) is 42.5 Å². The Morgan fingerprint density at radius 1 is 0.875 bits per heavy atom. The van der Waals surface area contributed by atoms with Crippen molar-refractivity contribution in [1.82, 2.24) is 9.80 Å². The van der Waals surface area contributed by atoms with Crippen LogP contribution in [0.3, 0.4) is 0 Å². The van der Waals surface area contributed by atoms with Crippen LogP contribution >= 0.6 is 46.6 Å². The van der Waals surface area contributed by atoms with Gasteiger partial charge in [-0.05, 0) is 53.7 Å². The molecule has 7 nitrogen and oxygen atoms in total. The highest BCUT2D eigenvalue weighted by Gasteiger charge is 2.37. The number of benzene rings is 3. The molecule has 40 heavy (non-hydrogen) atoms. The van der Waals surface area contributed by atoms with Gasteiger partial charge in [-0.15, -0.1) is 0 Å². The van der Waals surface area contributed by atoms with Gasteiger partial charge in [-0.25, -0.2) is 0 Å². The molecule has 0 aliphatic carbocycles. The molecule has 206 valence electrons. The number of para-hydroxylation sites is 1. The number of rotatable bonds is 7. The van der Waals surface area contributed by atoms with Crippen LogP contribution in [0.15, 0.2) is 71.6 Å². The predicted molar refractivity (Wildman–Crippen MR) is 160 cm³/mol. The Morgan fingerprint density at radius 3 is 2.20 bits per heavy atom. The average molecular weight is 617 g/mol. The Morgan fingerprint density at radius 2 is 1.52 bits per heavy atom. The van der Waals surface area contributed by atoms with Gasteiger partial charge in [0.2, 0.25) is 5.91 Å². The number of amides is 3. The van der Waals surface area contributed by atoms with Crippen LogP contribution in [-0.4, -0.2) is 59.6 Å². The van der Waals surface area contributed by atoms with Gasteiger partial charge >= 0.3 is 0 Å². The first-order chi connectivity index (χ1) is 19.3. The van der Waals surface area contributed by atoms with E-state index in [2.05, 4.69) is 4.90 Å². The summed E-state index contributed by atoms with van der Waals surface area (Å²) in [6, 6.07) is 20.5. The number of imide groups is 1. The molecule has 2 aliphatic heterocycles. The molecule has 0 bridgehead atoms. The second kappa shape index (κ2) is 12.6. The third kappa shape index (κ3) is 6.41. The van der Waals surface area contributed by atoms with Crippen LogP contribution < -0.4 is 9.64 Å². The molecule has 0 unspecified atom stereocenters. The summed E-state index contributed by atoms with van der Waals surface area (Å²) in [5.74, 6) is -0.508. The molecule has 2 fully saturated rings. The van der Waals surface area contributed by atoms with Gasteiger partial charge in [-0.2, -0.15) is 0 Å². The maximum Gasteiger partial charge on any atom is 0.294 e. The first-order valence-electron chi connectivity index (χ1n) is 12.5. The molecular formula is C29H24Cl3N3O4S. The van der Waals surface area contributed by atoms with Gasteiger partial charge in [0.1, 0.15) is 13.2 Å². The fourth-order valence-corrected chi connectivity index (χ4v) is 6.08. The zero-order valence-corrected chi connectivity index (χ0v) is 24.3. The second-order valence-corrected chi connectivity index (χ2v) is 11.4. The van der Waals surface area contributed by atoms with Crippen molar-refractivity contribution in [2.45, 2.75) is 6.61 Å². The fourth-order valence-electron chi connectivity index (χ4n) is 4.44. The summed E-state index contributed by atoms with van der Waals surface area (Å²) in [6.45, 7) is 2.26. The lowest BCUT2D eigenvalue weighted by atomic mass is 10.2. The third-order valence-electron chi connectivity index (χ3n) is 6.57. The topological polar surface area (TPSA) is 70.2 Å². The summed E-state index contributed by atoms with van der Waals surface area (Å²) in [6.07, 6.45) is 1.53. The van der Waals surface area contributed by atoms with Gasteiger partial charge in [0.05, 0.1) is 15.0 Å². The van der Waals surface area contributed by atoms with E-state index in [-0.39, 0.29) is 39.8 Å². The first-order valence-corrected chi connectivity index (χ1v) is 14.4. The van der Waals surface area contributed by atoms with Crippen LogP contribution in [0.2, 0.25) is 15.1 Å². The normalized spacial score (nSPS) is 16.7. The van der Waals surface area contributed by atoms with E-state index in [1.807, 2.05) is 48.5 Å². The van der Waals surface area contributed by atoms with Gasteiger partial charge < -0.3 is 14.5 Å². The number of halogens is 3. The smallest absolute Gasteiger partial charge is 0.294 e. The van der Waals surface area contributed by atoms with Gasteiger partial charge in [-0.1, -0.05) is 71.2 Å². The minimum absolute atomic E-state index is 0.173. The summed E-state index contributed by atoms with van der Waals surface area (Å²) >= 11 is 19.8. The lowest BCUT2D eigenvalue weighted by molar-refractivity contribution is -0.136. The number of piperazine rings is 1. The standard InChI is InChI=1S/C29H24Cl3N3O4S/c30-22-9-5-4-6-20(22)18-39-27-23(31)14-19(15-24(27)32)16-25-28(37)35(29(38)40-25)17-26(36)34-12-10-33(11-13-34)21-7-2-1-3-8-21/h1-9,14-16H,10-13,17-18H2/b25-16+. The van der Waals surface area contributed by atoms with Crippen LogP contribution in [0.1, 0.15) is 11.1 Å². The summed E-state index contributed by atoms with van der Waals surface area (Å²) in [5.41, 5.74) is 2.40. The predicted octanol–water partition coefficient (Wildman–Crippen LogP) is 6.61. The second-order valence-electron chi connectivity index (χ2n) is 9.16. The fraction of sp³-hybridized carbons (Fsp3) is 0.207. The van der Waals surface area contributed by atoms with Crippen molar-refractivity contribution in [2.75, 3.05) is 37.6 Å².